The van der Waals surface area contributed by atoms with Crippen molar-refractivity contribution in [1.29, 1.82) is 0 Å². The van der Waals surface area contributed by atoms with Crippen LogP contribution in [0.1, 0.15) is 38.5 Å². The summed E-state index contributed by atoms with van der Waals surface area (Å²) in [4.78, 5) is 26.0. The molecule has 2 aliphatic carbocycles. The van der Waals surface area contributed by atoms with E-state index >= 15 is 0 Å². The van der Waals surface area contributed by atoms with Crippen LogP contribution in [-0.4, -0.2) is 30.2 Å². The monoisotopic (exact) mass is 332 g/mol. The highest BCUT2D eigenvalue weighted by atomic mass is 32.2. The molecule has 2 N–H and O–H groups in total. The fourth-order valence-corrected chi connectivity index (χ4v) is 3.66. The van der Waals surface area contributed by atoms with Crippen molar-refractivity contribution < 1.29 is 9.59 Å². The predicted octanol–water partition coefficient (Wildman–Crippen LogP) is 2.73. The van der Waals surface area contributed by atoms with Crippen molar-refractivity contribution in [1.82, 2.24) is 10.6 Å². The number of hydrogen-bond acceptors (Lipinski definition) is 3. The van der Waals surface area contributed by atoms with E-state index in [1.165, 1.54) is 4.90 Å². The van der Waals surface area contributed by atoms with Crippen molar-refractivity contribution in [2.75, 3.05) is 12.3 Å². The molecule has 5 heteroatoms. The van der Waals surface area contributed by atoms with Crippen LogP contribution in [0.4, 0.5) is 0 Å². The maximum atomic E-state index is 12.4. The lowest BCUT2D eigenvalue weighted by Gasteiger charge is -2.38. The van der Waals surface area contributed by atoms with E-state index in [1.807, 2.05) is 18.2 Å². The molecule has 0 unspecified atom stereocenters. The number of rotatable bonds is 8. The molecule has 0 bridgehead atoms. The van der Waals surface area contributed by atoms with Crippen LogP contribution in [0.2, 0.25) is 0 Å². The maximum absolute atomic E-state index is 12.4. The summed E-state index contributed by atoms with van der Waals surface area (Å²) in [7, 11) is 0. The molecule has 2 aliphatic rings. The van der Waals surface area contributed by atoms with E-state index < -0.39 is 5.41 Å². The Bertz CT molecular complexity index is 553. The minimum Gasteiger partial charge on any atom is -0.355 e. The molecule has 2 fully saturated rings. The van der Waals surface area contributed by atoms with E-state index in [0.29, 0.717) is 25.4 Å². The summed E-state index contributed by atoms with van der Waals surface area (Å²) < 4.78 is 0. The lowest BCUT2D eigenvalue weighted by atomic mass is 9.67. The van der Waals surface area contributed by atoms with Crippen LogP contribution < -0.4 is 10.6 Å². The number of amides is 2. The number of thioether (sulfide) groups is 1. The molecule has 0 atom stereocenters. The van der Waals surface area contributed by atoms with Gasteiger partial charge in [0.05, 0.1) is 0 Å². The zero-order chi connectivity index (χ0) is 16.1. The Kier molecular flexibility index (Phi) is 5.26. The van der Waals surface area contributed by atoms with Gasteiger partial charge in [-0.25, -0.2) is 0 Å². The second-order valence-corrected chi connectivity index (χ2v) is 7.62. The van der Waals surface area contributed by atoms with Crippen LogP contribution >= 0.6 is 11.8 Å². The van der Waals surface area contributed by atoms with Crippen molar-refractivity contribution in [2.45, 2.75) is 49.5 Å². The quantitative estimate of drug-likeness (QED) is 0.437. The van der Waals surface area contributed by atoms with Gasteiger partial charge in [-0.1, -0.05) is 24.6 Å². The molecular formula is C18H24N2O2S. The maximum Gasteiger partial charge on any atom is 0.235 e. The molecule has 1 aromatic rings. The first-order valence-corrected chi connectivity index (χ1v) is 9.46. The third-order valence-corrected chi connectivity index (χ3v) is 5.71. The summed E-state index contributed by atoms with van der Waals surface area (Å²) >= 11 is 1.79. The van der Waals surface area contributed by atoms with Crippen molar-refractivity contribution >= 4 is 23.6 Å². The van der Waals surface area contributed by atoms with Crippen molar-refractivity contribution in [3.63, 3.8) is 0 Å². The van der Waals surface area contributed by atoms with E-state index in [-0.39, 0.29) is 11.8 Å². The third-order valence-electron chi connectivity index (χ3n) is 4.61. The van der Waals surface area contributed by atoms with Crippen molar-refractivity contribution in [3.05, 3.63) is 30.3 Å². The Balaban J connectivity index is 1.38. The van der Waals surface area contributed by atoms with Gasteiger partial charge in [0.15, 0.2) is 0 Å². The van der Waals surface area contributed by atoms with E-state index in [0.717, 1.165) is 31.4 Å². The van der Waals surface area contributed by atoms with Gasteiger partial charge in [-0.2, -0.15) is 0 Å². The zero-order valence-corrected chi connectivity index (χ0v) is 14.2. The molecule has 0 aliphatic heterocycles. The van der Waals surface area contributed by atoms with Gasteiger partial charge in [0, 0.05) is 17.5 Å². The Morgan fingerprint density at radius 2 is 1.87 bits per heavy atom. The lowest BCUT2D eigenvalue weighted by molar-refractivity contribution is -0.149. The molecule has 0 heterocycles. The van der Waals surface area contributed by atoms with Crippen molar-refractivity contribution in [3.8, 4) is 0 Å². The molecule has 4 nitrogen and oxygen atoms in total. The number of carbonyl (C=O) groups is 2. The molecule has 3 rings (SSSR count). The second kappa shape index (κ2) is 7.39. The molecule has 2 saturated carbocycles. The Morgan fingerprint density at radius 1 is 1.13 bits per heavy atom. The summed E-state index contributed by atoms with van der Waals surface area (Å²) in [5.74, 6) is 0.833. The molecule has 0 radical (unpaired) electrons. The third kappa shape index (κ3) is 4.08. The smallest absolute Gasteiger partial charge is 0.235 e. The van der Waals surface area contributed by atoms with Crippen LogP contribution in [-0.2, 0) is 9.59 Å². The molecule has 124 valence electrons. The van der Waals surface area contributed by atoms with Gasteiger partial charge in [0.25, 0.3) is 0 Å². The Hall–Kier alpha value is -1.49. The van der Waals surface area contributed by atoms with Gasteiger partial charge < -0.3 is 10.6 Å². The molecular weight excluding hydrogens is 308 g/mol. The molecule has 2 amide bonds. The minimum atomic E-state index is -0.783. The number of benzene rings is 1. The van der Waals surface area contributed by atoms with E-state index in [9.17, 15) is 9.59 Å². The van der Waals surface area contributed by atoms with Crippen LogP contribution in [0.3, 0.4) is 0 Å². The summed E-state index contributed by atoms with van der Waals surface area (Å²) in [6, 6.07) is 10.6. The first kappa shape index (κ1) is 16.4. The first-order chi connectivity index (χ1) is 11.2. The lowest BCUT2D eigenvalue weighted by Crippen LogP contribution is -2.55. The van der Waals surface area contributed by atoms with Gasteiger partial charge in [-0.3, -0.25) is 9.59 Å². The topological polar surface area (TPSA) is 58.2 Å². The summed E-state index contributed by atoms with van der Waals surface area (Å²) in [6.45, 7) is 0.636. The van der Waals surface area contributed by atoms with E-state index in [4.69, 9.17) is 0 Å². The number of nitrogens with one attached hydrogen (secondary N) is 2. The highest BCUT2D eigenvalue weighted by molar-refractivity contribution is 7.99. The zero-order valence-electron chi connectivity index (χ0n) is 13.3. The van der Waals surface area contributed by atoms with Gasteiger partial charge in [-0.15, -0.1) is 11.8 Å². The molecule has 23 heavy (non-hydrogen) atoms. The highest BCUT2D eigenvalue weighted by Crippen LogP contribution is 2.42. The van der Waals surface area contributed by atoms with E-state index in [1.54, 1.807) is 11.8 Å². The number of carbonyl (C=O) groups excluding carboxylic acids is 2. The average molecular weight is 332 g/mol. The fourth-order valence-electron chi connectivity index (χ4n) is 2.79. The van der Waals surface area contributed by atoms with Crippen LogP contribution in [0, 0.1) is 5.41 Å². The van der Waals surface area contributed by atoms with E-state index in [2.05, 4.69) is 22.8 Å². The first-order valence-electron chi connectivity index (χ1n) is 8.48. The number of hydrogen-bond donors (Lipinski definition) is 2. The Labute approximate surface area is 141 Å². The van der Waals surface area contributed by atoms with Crippen LogP contribution in [0.15, 0.2) is 35.2 Å². The highest BCUT2D eigenvalue weighted by Gasteiger charge is 2.51. The second-order valence-electron chi connectivity index (χ2n) is 6.45. The largest absolute Gasteiger partial charge is 0.355 e. The van der Waals surface area contributed by atoms with Crippen molar-refractivity contribution in [2.24, 2.45) is 5.41 Å². The van der Waals surface area contributed by atoms with Gasteiger partial charge in [0.2, 0.25) is 11.8 Å². The van der Waals surface area contributed by atoms with Crippen LogP contribution in [0.5, 0.6) is 0 Å². The standard InChI is InChI=1S/C18H24N2O2S/c21-16(18(10-4-11-18)17(22)20-14-8-9-14)19-12-5-13-23-15-6-2-1-3-7-15/h1-3,6-7,14H,4-5,8-13H2,(H,19,21)(H,20,22). The summed E-state index contributed by atoms with van der Waals surface area (Å²) in [6.07, 6.45) is 5.37. The molecule has 1 aromatic carbocycles. The SMILES string of the molecule is O=C(NCCCSc1ccccc1)C1(C(=O)NC2CC2)CCC1. The fraction of sp³-hybridized carbons (Fsp3) is 0.556. The van der Waals surface area contributed by atoms with Gasteiger partial charge >= 0.3 is 0 Å². The molecule has 0 saturated heterocycles. The van der Waals surface area contributed by atoms with Gasteiger partial charge in [-0.05, 0) is 50.0 Å². The predicted molar refractivity (Wildman–Crippen MR) is 92.2 cm³/mol. The molecule has 0 spiro atoms. The Morgan fingerprint density at radius 3 is 2.48 bits per heavy atom. The van der Waals surface area contributed by atoms with Crippen LogP contribution in [0.25, 0.3) is 0 Å². The minimum absolute atomic E-state index is 0.0533. The molecule has 0 aromatic heterocycles. The normalized spacial score (nSPS) is 18.8. The average Bonchev–Trinajstić information content (AvgIpc) is 3.31. The summed E-state index contributed by atoms with van der Waals surface area (Å²) in [5, 5.41) is 5.97. The summed E-state index contributed by atoms with van der Waals surface area (Å²) in [5.41, 5.74) is -0.783. The van der Waals surface area contributed by atoms with Gasteiger partial charge in [0.1, 0.15) is 5.41 Å².